The zero-order chi connectivity index (χ0) is 14.5. The zero-order valence-corrected chi connectivity index (χ0v) is 13.2. The summed E-state index contributed by atoms with van der Waals surface area (Å²) in [5.74, 6) is 0. The third-order valence-electron chi connectivity index (χ3n) is 3.99. The Morgan fingerprint density at radius 2 is 1.80 bits per heavy atom. The van der Waals surface area contributed by atoms with Gasteiger partial charge in [-0.3, -0.25) is 0 Å². The first-order valence-corrected chi connectivity index (χ1v) is 8.51. The molecule has 0 spiro atoms. The Labute approximate surface area is 124 Å². The number of aliphatic hydroxyl groups excluding tert-OH is 1. The van der Waals surface area contributed by atoms with Crippen molar-refractivity contribution in [3.05, 3.63) is 12.3 Å². The molecule has 0 saturated carbocycles. The molecule has 0 aliphatic carbocycles. The van der Waals surface area contributed by atoms with E-state index in [9.17, 15) is 0 Å². The van der Waals surface area contributed by atoms with Crippen LogP contribution in [0.15, 0.2) is 12.3 Å². The summed E-state index contributed by atoms with van der Waals surface area (Å²) >= 11 is 0. The second-order valence-electron chi connectivity index (χ2n) is 5.92. The van der Waals surface area contributed by atoms with E-state index in [-0.39, 0.29) is 18.8 Å². The van der Waals surface area contributed by atoms with E-state index in [2.05, 4.69) is 18.3 Å². The first-order valence-electron chi connectivity index (χ1n) is 8.51. The predicted octanol–water partition coefficient (Wildman–Crippen LogP) is 3.77. The first kappa shape index (κ1) is 17.5. The van der Waals surface area contributed by atoms with Gasteiger partial charge in [0, 0.05) is 19.0 Å². The lowest BCUT2D eigenvalue weighted by molar-refractivity contribution is 0.154. The molecular weight excluding hydrogens is 250 g/mol. The van der Waals surface area contributed by atoms with Gasteiger partial charge >= 0.3 is 0 Å². The molecule has 2 N–H and O–H groups in total. The van der Waals surface area contributed by atoms with Crippen molar-refractivity contribution in [3.63, 3.8) is 0 Å². The zero-order valence-electron chi connectivity index (χ0n) is 13.2. The van der Waals surface area contributed by atoms with E-state index in [0.717, 1.165) is 19.4 Å². The van der Waals surface area contributed by atoms with Gasteiger partial charge in [-0.1, -0.05) is 51.9 Å². The minimum Gasteiger partial charge on any atom is -0.497 e. The van der Waals surface area contributed by atoms with E-state index in [4.69, 9.17) is 9.84 Å². The summed E-state index contributed by atoms with van der Waals surface area (Å²) in [6, 6.07) is 0.223. The van der Waals surface area contributed by atoms with E-state index in [0.29, 0.717) is 0 Å². The number of aliphatic hydroxyl groups is 1. The molecule has 0 amide bonds. The van der Waals surface area contributed by atoms with Gasteiger partial charge in [0.1, 0.15) is 6.10 Å². The van der Waals surface area contributed by atoms with Gasteiger partial charge in [-0.2, -0.15) is 0 Å². The van der Waals surface area contributed by atoms with Crippen molar-refractivity contribution in [1.29, 1.82) is 0 Å². The van der Waals surface area contributed by atoms with Gasteiger partial charge in [-0.25, -0.2) is 0 Å². The predicted molar refractivity (Wildman–Crippen MR) is 84.7 cm³/mol. The summed E-state index contributed by atoms with van der Waals surface area (Å²) in [5, 5.41) is 12.2. The number of allylic oxidation sites excluding steroid dienone is 1. The number of nitrogens with one attached hydrogen (secondary N) is 1. The van der Waals surface area contributed by atoms with Gasteiger partial charge in [-0.05, 0) is 18.9 Å². The maximum absolute atomic E-state index is 9.01. The molecule has 0 radical (unpaired) electrons. The minimum absolute atomic E-state index is 0.210. The van der Waals surface area contributed by atoms with Gasteiger partial charge in [0.15, 0.2) is 0 Å². The van der Waals surface area contributed by atoms with Crippen molar-refractivity contribution in [2.24, 2.45) is 0 Å². The van der Waals surface area contributed by atoms with E-state index >= 15 is 0 Å². The second kappa shape index (κ2) is 12.2. The Bertz CT molecular complexity index is 243. The van der Waals surface area contributed by atoms with E-state index in [1.165, 1.54) is 51.4 Å². The molecule has 0 bridgehead atoms. The minimum atomic E-state index is 0.210. The summed E-state index contributed by atoms with van der Waals surface area (Å²) in [4.78, 5) is 0. The first-order chi connectivity index (χ1) is 9.86. The fraction of sp³-hybridized carbons (Fsp3) is 0.882. The van der Waals surface area contributed by atoms with Crippen LogP contribution in [-0.2, 0) is 4.74 Å². The normalized spacial score (nSPS) is 22.7. The fourth-order valence-electron chi connectivity index (χ4n) is 2.66. The van der Waals surface area contributed by atoms with E-state index in [1.54, 1.807) is 0 Å². The standard InChI is InChI=1S/C17H33NO2/c1-2-3-4-5-6-7-8-9-10-11-12-20-17-13-16(15-19)18-14-17/h11-12,16-19H,2-10,13-15H2,1H3/b12-11+/t16-,17+/m0/s1. The molecule has 0 aromatic rings. The van der Waals surface area contributed by atoms with Crippen LogP contribution in [0.5, 0.6) is 0 Å². The third-order valence-corrected chi connectivity index (χ3v) is 3.99. The van der Waals surface area contributed by atoms with E-state index in [1.807, 2.05) is 6.26 Å². The monoisotopic (exact) mass is 283 g/mol. The van der Waals surface area contributed by atoms with Crippen molar-refractivity contribution in [2.75, 3.05) is 13.2 Å². The number of ether oxygens (including phenoxy) is 1. The van der Waals surface area contributed by atoms with Crippen LogP contribution in [0.25, 0.3) is 0 Å². The van der Waals surface area contributed by atoms with Crippen LogP contribution in [0, 0.1) is 0 Å². The number of hydrogen-bond donors (Lipinski definition) is 2. The van der Waals surface area contributed by atoms with Crippen LogP contribution < -0.4 is 5.32 Å². The molecule has 118 valence electrons. The Morgan fingerprint density at radius 1 is 1.10 bits per heavy atom. The van der Waals surface area contributed by atoms with Crippen molar-refractivity contribution in [2.45, 2.75) is 83.3 Å². The SMILES string of the molecule is CCCCCCCCCC/C=C/O[C@H]1CN[C@H](CO)C1. The van der Waals surface area contributed by atoms with Gasteiger partial charge in [0.2, 0.25) is 0 Å². The topological polar surface area (TPSA) is 41.5 Å². The Balaban J connectivity index is 1.83. The highest BCUT2D eigenvalue weighted by Gasteiger charge is 2.23. The molecule has 3 nitrogen and oxygen atoms in total. The van der Waals surface area contributed by atoms with Crippen LogP contribution >= 0.6 is 0 Å². The van der Waals surface area contributed by atoms with Crippen LogP contribution in [-0.4, -0.2) is 30.4 Å². The molecule has 1 fully saturated rings. The van der Waals surface area contributed by atoms with Crippen molar-refractivity contribution in [3.8, 4) is 0 Å². The lowest BCUT2D eigenvalue weighted by Crippen LogP contribution is -2.24. The van der Waals surface area contributed by atoms with E-state index < -0.39 is 0 Å². The number of rotatable bonds is 12. The molecule has 1 heterocycles. The molecule has 0 aromatic carbocycles. The summed E-state index contributed by atoms with van der Waals surface area (Å²) in [5.41, 5.74) is 0. The fourth-order valence-corrected chi connectivity index (χ4v) is 2.66. The molecule has 2 atom stereocenters. The van der Waals surface area contributed by atoms with Crippen LogP contribution in [0.1, 0.15) is 71.1 Å². The summed E-state index contributed by atoms with van der Waals surface area (Å²) in [7, 11) is 0. The maximum atomic E-state index is 9.01. The molecule has 20 heavy (non-hydrogen) atoms. The van der Waals surface area contributed by atoms with Crippen LogP contribution in [0.3, 0.4) is 0 Å². The van der Waals surface area contributed by atoms with Crippen molar-refractivity contribution in [1.82, 2.24) is 5.32 Å². The Morgan fingerprint density at radius 3 is 2.45 bits per heavy atom. The Kier molecular flexibility index (Phi) is 10.7. The van der Waals surface area contributed by atoms with Crippen molar-refractivity contribution < 1.29 is 9.84 Å². The highest BCUT2D eigenvalue weighted by molar-refractivity contribution is 4.84. The largest absolute Gasteiger partial charge is 0.497 e. The summed E-state index contributed by atoms with van der Waals surface area (Å²) in [6.07, 6.45) is 17.2. The highest BCUT2D eigenvalue weighted by atomic mass is 16.5. The highest BCUT2D eigenvalue weighted by Crippen LogP contribution is 2.12. The lowest BCUT2D eigenvalue weighted by Gasteiger charge is -2.08. The van der Waals surface area contributed by atoms with Gasteiger partial charge in [-0.15, -0.1) is 0 Å². The summed E-state index contributed by atoms with van der Waals surface area (Å²) in [6.45, 7) is 3.33. The van der Waals surface area contributed by atoms with Crippen LogP contribution in [0.2, 0.25) is 0 Å². The second-order valence-corrected chi connectivity index (χ2v) is 5.92. The average molecular weight is 283 g/mol. The Hall–Kier alpha value is -0.540. The average Bonchev–Trinajstić information content (AvgIpc) is 2.93. The van der Waals surface area contributed by atoms with Crippen molar-refractivity contribution >= 4 is 0 Å². The van der Waals surface area contributed by atoms with Crippen LogP contribution in [0.4, 0.5) is 0 Å². The molecule has 0 aromatic heterocycles. The third kappa shape index (κ3) is 8.60. The molecule has 1 aliphatic heterocycles. The van der Waals surface area contributed by atoms with Gasteiger partial charge in [0.05, 0.1) is 12.9 Å². The lowest BCUT2D eigenvalue weighted by atomic mass is 10.1. The molecule has 0 unspecified atom stereocenters. The quantitative estimate of drug-likeness (QED) is 0.423. The maximum Gasteiger partial charge on any atom is 0.112 e. The molecule has 1 aliphatic rings. The molecule has 1 rings (SSSR count). The smallest absolute Gasteiger partial charge is 0.112 e. The number of unbranched alkanes of at least 4 members (excludes halogenated alkanes) is 8. The molecule has 1 saturated heterocycles. The molecular formula is C17H33NO2. The molecule has 3 heteroatoms. The van der Waals surface area contributed by atoms with Gasteiger partial charge in [0.25, 0.3) is 0 Å². The summed E-state index contributed by atoms with van der Waals surface area (Å²) < 4.78 is 5.65. The number of hydrogen-bond acceptors (Lipinski definition) is 3. The van der Waals surface area contributed by atoms with Gasteiger partial charge < -0.3 is 15.2 Å².